The number of hydrogen-bond acceptors (Lipinski definition) is 2. The Hall–Kier alpha value is -0.960. The molecule has 0 aromatic carbocycles. The fourth-order valence-electron chi connectivity index (χ4n) is 2.71. The summed E-state index contributed by atoms with van der Waals surface area (Å²) in [6, 6.07) is 1.40. The molecule has 1 aromatic heterocycles. The van der Waals surface area contributed by atoms with Crippen molar-refractivity contribution in [2.45, 2.75) is 38.7 Å². The maximum absolute atomic E-state index is 13.1. The first-order valence-corrected chi connectivity index (χ1v) is 5.86. The first-order chi connectivity index (χ1) is 7.52. The van der Waals surface area contributed by atoms with E-state index in [1.165, 1.54) is 12.3 Å². The van der Waals surface area contributed by atoms with Crippen molar-refractivity contribution in [3.8, 4) is 0 Å². The summed E-state index contributed by atoms with van der Waals surface area (Å²) in [6.07, 6.45) is 5.41. The number of hydrogen-bond donors (Lipinski definition) is 1. The van der Waals surface area contributed by atoms with Gasteiger partial charge in [0, 0.05) is 11.8 Å². The lowest BCUT2D eigenvalue weighted by Gasteiger charge is -2.40. The number of nitrogens with zero attached hydrogens (tertiary/aromatic N) is 1. The number of halogens is 1. The third kappa shape index (κ3) is 1.96. The molecule has 3 atom stereocenters. The van der Waals surface area contributed by atoms with Crippen LogP contribution in [0.1, 0.15) is 38.7 Å². The van der Waals surface area contributed by atoms with E-state index in [1.54, 1.807) is 6.20 Å². The lowest BCUT2D eigenvalue weighted by molar-refractivity contribution is -0.0592. The van der Waals surface area contributed by atoms with Gasteiger partial charge in [0.05, 0.1) is 11.8 Å². The van der Waals surface area contributed by atoms with E-state index in [9.17, 15) is 9.50 Å². The molecule has 1 heterocycles. The van der Waals surface area contributed by atoms with Gasteiger partial charge in [0.1, 0.15) is 5.82 Å². The fourth-order valence-corrected chi connectivity index (χ4v) is 2.71. The summed E-state index contributed by atoms with van der Waals surface area (Å²) in [7, 11) is 0. The van der Waals surface area contributed by atoms with Crippen molar-refractivity contribution in [1.29, 1.82) is 0 Å². The monoisotopic (exact) mass is 223 g/mol. The standard InChI is InChI=1S/C13H18FNO/c1-9-3-4-13(16,10(2)5-9)11-6-12(14)8-15-7-11/h6-10,16H,3-5H2,1-2H3. The molecule has 0 bridgehead atoms. The van der Waals surface area contributed by atoms with Crippen molar-refractivity contribution in [2.75, 3.05) is 0 Å². The minimum absolute atomic E-state index is 0.153. The number of aromatic nitrogens is 1. The second-order valence-electron chi connectivity index (χ2n) is 5.10. The Morgan fingerprint density at radius 2 is 2.19 bits per heavy atom. The van der Waals surface area contributed by atoms with Gasteiger partial charge in [0.15, 0.2) is 0 Å². The van der Waals surface area contributed by atoms with Gasteiger partial charge in [-0.05, 0) is 37.2 Å². The van der Waals surface area contributed by atoms with E-state index in [-0.39, 0.29) is 11.7 Å². The van der Waals surface area contributed by atoms with Gasteiger partial charge in [-0.15, -0.1) is 0 Å². The Morgan fingerprint density at radius 3 is 2.81 bits per heavy atom. The smallest absolute Gasteiger partial charge is 0.141 e. The molecular weight excluding hydrogens is 205 g/mol. The van der Waals surface area contributed by atoms with Crippen molar-refractivity contribution < 1.29 is 9.50 Å². The van der Waals surface area contributed by atoms with E-state index in [0.717, 1.165) is 12.8 Å². The maximum atomic E-state index is 13.1. The van der Waals surface area contributed by atoms with Crippen molar-refractivity contribution in [2.24, 2.45) is 11.8 Å². The molecule has 1 N–H and O–H groups in total. The van der Waals surface area contributed by atoms with Crippen LogP contribution in [0.25, 0.3) is 0 Å². The summed E-state index contributed by atoms with van der Waals surface area (Å²) < 4.78 is 13.1. The van der Waals surface area contributed by atoms with Crippen LogP contribution in [0.2, 0.25) is 0 Å². The highest BCUT2D eigenvalue weighted by Crippen LogP contribution is 2.43. The molecule has 3 heteroatoms. The number of rotatable bonds is 1. The summed E-state index contributed by atoms with van der Waals surface area (Å²) in [6.45, 7) is 4.22. The Kier molecular flexibility index (Phi) is 2.98. The van der Waals surface area contributed by atoms with Crippen LogP contribution in [0.5, 0.6) is 0 Å². The minimum Gasteiger partial charge on any atom is -0.385 e. The Bertz CT molecular complexity index is 382. The van der Waals surface area contributed by atoms with Gasteiger partial charge in [-0.25, -0.2) is 4.39 Å². The average molecular weight is 223 g/mol. The zero-order valence-electron chi connectivity index (χ0n) is 9.78. The first kappa shape index (κ1) is 11.5. The Balaban J connectivity index is 2.31. The van der Waals surface area contributed by atoms with Crippen molar-refractivity contribution >= 4 is 0 Å². The van der Waals surface area contributed by atoms with Crippen LogP contribution in [0, 0.1) is 17.7 Å². The highest BCUT2D eigenvalue weighted by atomic mass is 19.1. The molecule has 1 aromatic rings. The van der Waals surface area contributed by atoms with Crippen LogP contribution in [-0.4, -0.2) is 10.1 Å². The largest absolute Gasteiger partial charge is 0.385 e. The highest BCUT2D eigenvalue weighted by Gasteiger charge is 2.40. The van der Waals surface area contributed by atoms with Crippen LogP contribution in [0.4, 0.5) is 4.39 Å². The van der Waals surface area contributed by atoms with E-state index in [1.807, 2.05) is 6.92 Å². The van der Waals surface area contributed by atoms with Crippen LogP contribution in [-0.2, 0) is 5.60 Å². The normalized spacial score (nSPS) is 35.0. The summed E-state index contributed by atoms with van der Waals surface area (Å²) in [4.78, 5) is 3.82. The van der Waals surface area contributed by atoms with Crippen LogP contribution in [0.15, 0.2) is 18.5 Å². The molecule has 1 aliphatic rings. The van der Waals surface area contributed by atoms with Crippen LogP contribution >= 0.6 is 0 Å². The Morgan fingerprint density at radius 1 is 1.44 bits per heavy atom. The predicted molar refractivity (Wildman–Crippen MR) is 60.3 cm³/mol. The molecule has 0 spiro atoms. The third-order valence-corrected chi connectivity index (χ3v) is 3.79. The fraction of sp³-hybridized carbons (Fsp3) is 0.615. The molecule has 2 rings (SSSR count). The SMILES string of the molecule is CC1CCC(O)(c2cncc(F)c2)C(C)C1. The van der Waals surface area contributed by atoms with Crippen molar-refractivity contribution in [3.63, 3.8) is 0 Å². The van der Waals surface area contributed by atoms with E-state index >= 15 is 0 Å². The molecule has 0 saturated heterocycles. The number of pyridine rings is 1. The molecule has 0 aliphatic heterocycles. The molecule has 0 radical (unpaired) electrons. The topological polar surface area (TPSA) is 33.1 Å². The second kappa shape index (κ2) is 4.13. The van der Waals surface area contributed by atoms with E-state index in [4.69, 9.17) is 0 Å². The van der Waals surface area contributed by atoms with Gasteiger partial charge >= 0.3 is 0 Å². The van der Waals surface area contributed by atoms with Gasteiger partial charge in [-0.3, -0.25) is 4.98 Å². The molecule has 1 aliphatic carbocycles. The average Bonchev–Trinajstić information content (AvgIpc) is 2.24. The minimum atomic E-state index is -0.901. The van der Waals surface area contributed by atoms with E-state index in [0.29, 0.717) is 17.9 Å². The zero-order chi connectivity index (χ0) is 11.8. The van der Waals surface area contributed by atoms with Crippen LogP contribution < -0.4 is 0 Å². The quantitative estimate of drug-likeness (QED) is 0.794. The van der Waals surface area contributed by atoms with Crippen LogP contribution in [0.3, 0.4) is 0 Å². The molecular formula is C13H18FNO. The molecule has 0 amide bonds. The summed E-state index contributed by atoms with van der Waals surface area (Å²) in [5.41, 5.74) is -0.284. The molecule has 1 fully saturated rings. The first-order valence-electron chi connectivity index (χ1n) is 5.86. The van der Waals surface area contributed by atoms with Gasteiger partial charge < -0.3 is 5.11 Å². The maximum Gasteiger partial charge on any atom is 0.141 e. The van der Waals surface area contributed by atoms with E-state index < -0.39 is 5.60 Å². The highest BCUT2D eigenvalue weighted by molar-refractivity contribution is 5.20. The molecule has 3 unspecified atom stereocenters. The summed E-state index contributed by atoms with van der Waals surface area (Å²) in [5.74, 6) is 0.411. The Labute approximate surface area is 95.5 Å². The summed E-state index contributed by atoms with van der Waals surface area (Å²) in [5, 5.41) is 10.6. The van der Waals surface area contributed by atoms with Gasteiger partial charge in [-0.2, -0.15) is 0 Å². The zero-order valence-corrected chi connectivity index (χ0v) is 9.78. The third-order valence-electron chi connectivity index (χ3n) is 3.79. The lowest BCUT2D eigenvalue weighted by Crippen LogP contribution is -2.38. The molecule has 2 nitrogen and oxygen atoms in total. The molecule has 1 saturated carbocycles. The van der Waals surface area contributed by atoms with Gasteiger partial charge in [-0.1, -0.05) is 13.8 Å². The second-order valence-corrected chi connectivity index (χ2v) is 5.10. The van der Waals surface area contributed by atoms with Crippen molar-refractivity contribution in [1.82, 2.24) is 4.98 Å². The summed E-state index contributed by atoms with van der Waals surface area (Å²) >= 11 is 0. The van der Waals surface area contributed by atoms with Gasteiger partial charge in [0.2, 0.25) is 0 Å². The molecule has 16 heavy (non-hydrogen) atoms. The predicted octanol–water partition coefficient (Wildman–Crippen LogP) is 2.86. The number of aliphatic hydroxyl groups is 1. The van der Waals surface area contributed by atoms with Gasteiger partial charge in [0.25, 0.3) is 0 Å². The van der Waals surface area contributed by atoms with E-state index in [2.05, 4.69) is 11.9 Å². The lowest BCUT2D eigenvalue weighted by atomic mass is 9.69. The molecule has 88 valence electrons. The van der Waals surface area contributed by atoms with Crippen molar-refractivity contribution in [3.05, 3.63) is 29.8 Å².